The van der Waals surface area contributed by atoms with Crippen LogP contribution in [0.2, 0.25) is 0 Å². The molecule has 3 N–H and O–H groups in total. The van der Waals surface area contributed by atoms with E-state index < -0.39 is 16.3 Å². The lowest BCUT2D eigenvalue weighted by Gasteiger charge is -2.15. The van der Waals surface area contributed by atoms with E-state index in [1.165, 1.54) is 0 Å². The summed E-state index contributed by atoms with van der Waals surface area (Å²) in [6, 6.07) is 6.77. The van der Waals surface area contributed by atoms with Crippen LogP contribution >= 0.6 is 0 Å². The summed E-state index contributed by atoms with van der Waals surface area (Å²) in [4.78, 5) is 0. The Labute approximate surface area is 108 Å². The maximum Gasteiger partial charge on any atom is 0.299 e. The topological polar surface area (TPSA) is 78.4 Å². The van der Waals surface area contributed by atoms with Gasteiger partial charge in [-0.3, -0.25) is 4.72 Å². The van der Waals surface area contributed by atoms with Crippen LogP contribution in [0.1, 0.15) is 32.4 Å². The Morgan fingerprint density at radius 2 is 1.83 bits per heavy atom. The summed E-state index contributed by atoms with van der Waals surface area (Å²) in [6.45, 7) is 5.80. The average molecular weight is 272 g/mol. The number of benzene rings is 1. The van der Waals surface area contributed by atoms with E-state index in [0.29, 0.717) is 17.8 Å². The Hall–Kier alpha value is -1.11. The third kappa shape index (κ3) is 4.64. The molecule has 0 bridgehead atoms. The molecule has 0 radical (unpaired) electrons. The number of aliphatic hydroxyl groups excluding tert-OH is 1. The Kier molecular flexibility index (Phi) is 5.13. The molecule has 1 aromatic rings. The molecule has 6 heteroatoms. The molecule has 0 spiro atoms. The second-order valence-electron chi connectivity index (χ2n) is 4.61. The first-order valence-corrected chi connectivity index (χ1v) is 7.34. The Balaban J connectivity index is 2.84. The molecule has 1 aromatic carbocycles. The third-order valence-corrected chi connectivity index (χ3v) is 3.37. The summed E-state index contributed by atoms with van der Waals surface area (Å²) < 4.78 is 28.4. The zero-order valence-electron chi connectivity index (χ0n) is 10.8. The maximum atomic E-state index is 11.8. The van der Waals surface area contributed by atoms with Crippen LogP contribution in [0.3, 0.4) is 0 Å². The molecule has 0 aliphatic heterocycles. The van der Waals surface area contributed by atoms with Gasteiger partial charge in [-0.25, -0.2) is 0 Å². The van der Waals surface area contributed by atoms with E-state index in [4.69, 9.17) is 0 Å². The predicted molar refractivity (Wildman–Crippen MR) is 72.5 cm³/mol. The number of anilines is 1. The zero-order valence-corrected chi connectivity index (χ0v) is 11.7. The molecule has 5 nitrogen and oxygen atoms in total. The molecule has 0 aliphatic carbocycles. The molecule has 1 rings (SSSR count). The molecule has 0 fully saturated rings. The molecule has 0 saturated carbocycles. The third-order valence-electron chi connectivity index (χ3n) is 2.34. The van der Waals surface area contributed by atoms with Crippen molar-refractivity contribution in [1.29, 1.82) is 0 Å². The van der Waals surface area contributed by atoms with E-state index in [1.54, 1.807) is 31.2 Å². The highest BCUT2D eigenvalue weighted by Gasteiger charge is 2.14. The van der Waals surface area contributed by atoms with Gasteiger partial charge < -0.3 is 5.11 Å². The number of nitrogens with one attached hydrogen (secondary N) is 2. The fraction of sp³-hybridized carbons (Fsp3) is 0.500. The van der Waals surface area contributed by atoms with Gasteiger partial charge in [-0.1, -0.05) is 32.0 Å². The Morgan fingerprint density at radius 1 is 1.22 bits per heavy atom. The van der Waals surface area contributed by atoms with Gasteiger partial charge in [0.25, 0.3) is 10.2 Å². The van der Waals surface area contributed by atoms with Crippen molar-refractivity contribution in [3.05, 3.63) is 29.8 Å². The monoisotopic (exact) mass is 272 g/mol. The lowest BCUT2D eigenvalue weighted by Crippen LogP contribution is -2.33. The van der Waals surface area contributed by atoms with Crippen LogP contribution < -0.4 is 9.44 Å². The number of hydrogen-bond donors (Lipinski definition) is 3. The van der Waals surface area contributed by atoms with Crippen LogP contribution in [0.25, 0.3) is 0 Å². The van der Waals surface area contributed by atoms with Crippen molar-refractivity contribution in [2.24, 2.45) is 5.92 Å². The highest BCUT2D eigenvalue weighted by molar-refractivity contribution is 7.90. The molecule has 0 aromatic heterocycles. The number of aliphatic hydroxyl groups is 1. The Bertz CT molecular complexity index is 484. The first-order valence-electron chi connectivity index (χ1n) is 5.86. The van der Waals surface area contributed by atoms with Gasteiger partial charge in [0.1, 0.15) is 0 Å². The van der Waals surface area contributed by atoms with Crippen LogP contribution in [-0.4, -0.2) is 20.1 Å². The summed E-state index contributed by atoms with van der Waals surface area (Å²) in [5, 5.41) is 9.56. The first kappa shape index (κ1) is 14.9. The molecule has 0 saturated heterocycles. The van der Waals surface area contributed by atoms with Gasteiger partial charge in [0.15, 0.2) is 0 Å². The lowest BCUT2D eigenvalue weighted by atomic mass is 10.1. The Morgan fingerprint density at radius 3 is 2.39 bits per heavy atom. The summed E-state index contributed by atoms with van der Waals surface area (Å²) >= 11 is 0. The van der Waals surface area contributed by atoms with E-state index in [9.17, 15) is 13.5 Å². The molecular weight excluding hydrogens is 252 g/mol. The molecule has 0 aliphatic rings. The van der Waals surface area contributed by atoms with Crippen LogP contribution in [-0.2, 0) is 10.2 Å². The van der Waals surface area contributed by atoms with Crippen LogP contribution in [0, 0.1) is 5.92 Å². The van der Waals surface area contributed by atoms with Crippen molar-refractivity contribution in [1.82, 2.24) is 4.72 Å². The molecule has 18 heavy (non-hydrogen) atoms. The minimum Gasteiger partial charge on any atom is -0.389 e. The van der Waals surface area contributed by atoms with Gasteiger partial charge in [-0.15, -0.1) is 0 Å². The van der Waals surface area contributed by atoms with Gasteiger partial charge in [0, 0.05) is 12.1 Å². The number of para-hydroxylation sites is 1. The standard InChI is InChI=1S/C12H20N2O3S/c1-9(2)8-13-18(16,17)14-12-7-5-4-6-11(12)10(3)15/h4-7,9-10,13-15H,8H2,1-3H3. The van der Waals surface area contributed by atoms with Gasteiger partial charge in [-0.05, 0) is 18.9 Å². The zero-order chi connectivity index (χ0) is 13.8. The van der Waals surface area contributed by atoms with E-state index in [1.807, 2.05) is 13.8 Å². The smallest absolute Gasteiger partial charge is 0.299 e. The summed E-state index contributed by atoms with van der Waals surface area (Å²) in [5.41, 5.74) is 0.941. The van der Waals surface area contributed by atoms with E-state index in [2.05, 4.69) is 9.44 Å². The van der Waals surface area contributed by atoms with Gasteiger partial charge in [-0.2, -0.15) is 13.1 Å². The van der Waals surface area contributed by atoms with E-state index in [-0.39, 0.29) is 5.92 Å². The fourth-order valence-electron chi connectivity index (χ4n) is 1.41. The summed E-state index contributed by atoms with van der Waals surface area (Å²) in [6.07, 6.45) is -0.728. The van der Waals surface area contributed by atoms with Crippen molar-refractivity contribution < 1.29 is 13.5 Å². The van der Waals surface area contributed by atoms with Gasteiger partial charge >= 0.3 is 0 Å². The van der Waals surface area contributed by atoms with E-state index in [0.717, 1.165) is 0 Å². The minimum absolute atomic E-state index is 0.230. The minimum atomic E-state index is -3.60. The summed E-state index contributed by atoms with van der Waals surface area (Å²) in [7, 11) is -3.60. The van der Waals surface area contributed by atoms with Crippen molar-refractivity contribution in [3.63, 3.8) is 0 Å². The summed E-state index contributed by atoms with van der Waals surface area (Å²) in [5.74, 6) is 0.230. The SMILES string of the molecule is CC(C)CNS(=O)(=O)Nc1ccccc1C(C)O. The second-order valence-corrected chi connectivity index (χ2v) is 6.11. The lowest BCUT2D eigenvalue weighted by molar-refractivity contribution is 0.200. The van der Waals surface area contributed by atoms with Crippen LogP contribution in [0.5, 0.6) is 0 Å². The largest absolute Gasteiger partial charge is 0.389 e. The fourth-order valence-corrected chi connectivity index (χ4v) is 2.51. The number of hydrogen-bond acceptors (Lipinski definition) is 3. The second kappa shape index (κ2) is 6.17. The molecule has 0 amide bonds. The van der Waals surface area contributed by atoms with Gasteiger partial charge in [0.2, 0.25) is 0 Å². The van der Waals surface area contributed by atoms with Crippen molar-refractivity contribution in [2.75, 3.05) is 11.3 Å². The van der Waals surface area contributed by atoms with Crippen molar-refractivity contribution in [2.45, 2.75) is 26.9 Å². The average Bonchev–Trinajstić information content (AvgIpc) is 2.26. The van der Waals surface area contributed by atoms with Crippen LogP contribution in [0.15, 0.2) is 24.3 Å². The predicted octanol–water partition coefficient (Wildman–Crippen LogP) is 1.64. The maximum absolute atomic E-state index is 11.8. The molecule has 1 unspecified atom stereocenters. The van der Waals surface area contributed by atoms with Crippen LogP contribution in [0.4, 0.5) is 5.69 Å². The highest BCUT2D eigenvalue weighted by Crippen LogP contribution is 2.22. The quantitative estimate of drug-likeness (QED) is 0.736. The van der Waals surface area contributed by atoms with Crippen molar-refractivity contribution in [3.8, 4) is 0 Å². The molecule has 1 atom stereocenters. The first-order chi connectivity index (χ1) is 8.32. The van der Waals surface area contributed by atoms with Gasteiger partial charge in [0.05, 0.1) is 11.8 Å². The van der Waals surface area contributed by atoms with Crippen molar-refractivity contribution >= 4 is 15.9 Å². The van der Waals surface area contributed by atoms with E-state index >= 15 is 0 Å². The molecule has 102 valence electrons. The highest BCUT2D eigenvalue weighted by atomic mass is 32.2. The molecule has 0 heterocycles. The number of rotatable bonds is 6. The molecular formula is C12H20N2O3S. The normalized spacial score (nSPS) is 13.6.